The third-order valence-corrected chi connectivity index (χ3v) is 8.71. The van der Waals surface area contributed by atoms with Crippen LogP contribution in [0.3, 0.4) is 0 Å². The molecule has 4 aromatic rings. The SMILES string of the molecule is Bc1c(OCC=C)ccc(-c2cnc3c(Nc4ccc(C(=C)N5CCN(C(=C)N6CCNCC6)CC5)c(C)c4)nccn23)c1F. The minimum atomic E-state index is -0.345. The predicted octanol–water partition coefficient (Wildman–Crippen LogP) is 3.38. The highest BCUT2D eigenvalue weighted by molar-refractivity contribution is 6.34. The summed E-state index contributed by atoms with van der Waals surface area (Å²) < 4.78 is 22.9. The van der Waals surface area contributed by atoms with Crippen LogP contribution in [-0.2, 0) is 0 Å². The fraction of sp³-hybridized carbons (Fsp3) is 0.294. The Balaban J connectivity index is 1.14. The van der Waals surface area contributed by atoms with Crippen LogP contribution < -0.4 is 20.8 Å². The van der Waals surface area contributed by atoms with Gasteiger partial charge < -0.3 is 30.1 Å². The Morgan fingerprint density at radius 2 is 1.78 bits per heavy atom. The molecule has 11 heteroatoms. The van der Waals surface area contributed by atoms with E-state index in [-0.39, 0.29) is 5.82 Å². The number of anilines is 2. The number of ether oxygens (including phenoxy) is 1. The zero-order chi connectivity index (χ0) is 31.5. The second-order valence-electron chi connectivity index (χ2n) is 11.5. The molecular formula is C34H40BFN8O. The smallest absolute Gasteiger partial charge is 0.180 e. The molecule has 0 bridgehead atoms. The molecule has 2 saturated heterocycles. The number of benzene rings is 2. The predicted molar refractivity (Wildman–Crippen MR) is 182 cm³/mol. The Morgan fingerprint density at radius 3 is 2.51 bits per heavy atom. The fourth-order valence-electron chi connectivity index (χ4n) is 6.11. The van der Waals surface area contributed by atoms with Crippen LogP contribution in [0.25, 0.3) is 22.6 Å². The largest absolute Gasteiger partial charge is 0.490 e. The summed E-state index contributed by atoms with van der Waals surface area (Å²) in [5, 5.41) is 6.83. The van der Waals surface area contributed by atoms with Crippen molar-refractivity contribution >= 4 is 36.2 Å². The molecule has 0 amide bonds. The number of rotatable bonds is 10. The van der Waals surface area contributed by atoms with E-state index in [1.807, 2.05) is 10.5 Å². The molecule has 0 saturated carbocycles. The van der Waals surface area contributed by atoms with Crippen LogP contribution in [0, 0.1) is 12.7 Å². The summed E-state index contributed by atoms with van der Waals surface area (Å²) in [6, 6.07) is 9.74. The monoisotopic (exact) mass is 606 g/mol. The molecular weight excluding hydrogens is 566 g/mol. The van der Waals surface area contributed by atoms with Gasteiger partial charge in [0, 0.05) is 87.3 Å². The van der Waals surface area contributed by atoms with Crippen molar-refractivity contribution in [3.8, 4) is 17.0 Å². The van der Waals surface area contributed by atoms with Gasteiger partial charge in [0.25, 0.3) is 0 Å². The van der Waals surface area contributed by atoms with E-state index in [9.17, 15) is 0 Å². The Labute approximate surface area is 265 Å². The van der Waals surface area contributed by atoms with Gasteiger partial charge in [-0.3, -0.25) is 4.40 Å². The molecule has 0 atom stereocenters. The first-order valence-corrected chi connectivity index (χ1v) is 15.4. The fourth-order valence-corrected chi connectivity index (χ4v) is 6.11. The quantitative estimate of drug-likeness (QED) is 0.211. The number of nitrogens with one attached hydrogen (secondary N) is 2. The van der Waals surface area contributed by atoms with Gasteiger partial charge in [-0.1, -0.05) is 31.9 Å². The first-order valence-electron chi connectivity index (χ1n) is 15.4. The van der Waals surface area contributed by atoms with E-state index >= 15 is 4.39 Å². The number of halogens is 1. The van der Waals surface area contributed by atoms with Crippen molar-refractivity contribution in [2.45, 2.75) is 6.92 Å². The second-order valence-corrected chi connectivity index (χ2v) is 11.5. The summed E-state index contributed by atoms with van der Waals surface area (Å²) in [5.74, 6) is 1.86. The lowest BCUT2D eigenvalue weighted by atomic mass is 9.91. The number of piperazine rings is 2. The van der Waals surface area contributed by atoms with Gasteiger partial charge in [0.05, 0.1) is 17.7 Å². The van der Waals surface area contributed by atoms with Crippen LogP contribution in [0.1, 0.15) is 11.1 Å². The third kappa shape index (κ3) is 6.13. The topological polar surface area (TPSA) is 73.2 Å². The Bertz CT molecular complexity index is 1740. The van der Waals surface area contributed by atoms with E-state index < -0.39 is 0 Å². The Hall–Kier alpha value is -4.77. The minimum Gasteiger partial charge on any atom is -0.490 e. The van der Waals surface area contributed by atoms with Crippen LogP contribution in [0.4, 0.5) is 15.9 Å². The molecule has 2 aromatic carbocycles. The van der Waals surface area contributed by atoms with Crippen LogP contribution >= 0.6 is 0 Å². The zero-order valence-corrected chi connectivity index (χ0v) is 26.2. The van der Waals surface area contributed by atoms with E-state index in [1.54, 1.807) is 44.6 Å². The number of fused-ring (bicyclic) bond motifs is 1. The molecule has 2 aliphatic heterocycles. The summed E-state index contributed by atoms with van der Waals surface area (Å²) in [6.07, 6.45) is 6.78. The lowest BCUT2D eigenvalue weighted by molar-refractivity contribution is 0.147. The molecule has 0 unspecified atom stereocenters. The number of hydrogen-bond donors (Lipinski definition) is 2. The Kier molecular flexibility index (Phi) is 8.79. The van der Waals surface area contributed by atoms with Crippen molar-refractivity contribution in [1.82, 2.24) is 34.4 Å². The van der Waals surface area contributed by atoms with Crippen molar-refractivity contribution in [2.24, 2.45) is 0 Å². The summed E-state index contributed by atoms with van der Waals surface area (Å²) in [5.41, 5.74) is 6.27. The van der Waals surface area contributed by atoms with Gasteiger partial charge in [0.1, 0.15) is 26.0 Å². The van der Waals surface area contributed by atoms with Crippen LogP contribution in [0.15, 0.2) is 80.6 Å². The third-order valence-electron chi connectivity index (χ3n) is 8.71. The van der Waals surface area contributed by atoms with Gasteiger partial charge in [-0.05, 0) is 42.2 Å². The molecule has 0 spiro atoms. The maximum absolute atomic E-state index is 15.4. The summed E-state index contributed by atoms with van der Waals surface area (Å²) in [6.45, 7) is 22.6. The average Bonchev–Trinajstić information content (AvgIpc) is 3.50. The highest BCUT2D eigenvalue weighted by atomic mass is 19.1. The molecule has 232 valence electrons. The van der Waals surface area contributed by atoms with E-state index in [4.69, 9.17) is 4.74 Å². The number of hydrogen-bond acceptors (Lipinski definition) is 8. The van der Waals surface area contributed by atoms with Gasteiger partial charge in [-0.15, -0.1) is 0 Å². The molecule has 6 rings (SSSR count). The van der Waals surface area contributed by atoms with Crippen LogP contribution in [0.5, 0.6) is 5.75 Å². The molecule has 2 aliphatic rings. The van der Waals surface area contributed by atoms with Gasteiger partial charge >= 0.3 is 0 Å². The maximum atomic E-state index is 15.4. The van der Waals surface area contributed by atoms with Gasteiger partial charge in [-0.2, -0.15) is 0 Å². The summed E-state index contributed by atoms with van der Waals surface area (Å²) >= 11 is 0. The number of aromatic nitrogens is 3. The number of aryl methyl sites for hydroxylation is 1. The van der Waals surface area contributed by atoms with Crippen molar-refractivity contribution in [3.05, 3.63) is 97.5 Å². The minimum absolute atomic E-state index is 0.315. The second kappa shape index (κ2) is 13.1. The Morgan fingerprint density at radius 1 is 1.04 bits per heavy atom. The zero-order valence-electron chi connectivity index (χ0n) is 26.2. The summed E-state index contributed by atoms with van der Waals surface area (Å²) in [4.78, 5) is 16.3. The summed E-state index contributed by atoms with van der Waals surface area (Å²) in [7, 11) is 1.71. The lowest BCUT2D eigenvalue weighted by Gasteiger charge is -2.43. The van der Waals surface area contributed by atoms with E-state index in [0.29, 0.717) is 40.5 Å². The van der Waals surface area contributed by atoms with E-state index in [2.05, 4.69) is 74.1 Å². The van der Waals surface area contributed by atoms with Crippen LogP contribution in [0.2, 0.25) is 0 Å². The molecule has 9 nitrogen and oxygen atoms in total. The van der Waals surface area contributed by atoms with Gasteiger partial charge in [0.15, 0.2) is 11.5 Å². The van der Waals surface area contributed by atoms with Crippen molar-refractivity contribution in [3.63, 3.8) is 0 Å². The lowest BCUT2D eigenvalue weighted by Crippen LogP contribution is -2.51. The molecule has 45 heavy (non-hydrogen) atoms. The normalized spacial score (nSPS) is 15.3. The van der Waals surface area contributed by atoms with E-state index in [1.165, 1.54) is 0 Å². The highest BCUT2D eigenvalue weighted by Gasteiger charge is 2.24. The maximum Gasteiger partial charge on any atom is 0.180 e. The molecule has 0 radical (unpaired) electrons. The molecule has 2 N–H and O–H groups in total. The first-order chi connectivity index (χ1) is 21.9. The van der Waals surface area contributed by atoms with Gasteiger partial charge in [0.2, 0.25) is 0 Å². The van der Waals surface area contributed by atoms with Crippen molar-refractivity contribution < 1.29 is 9.13 Å². The van der Waals surface area contributed by atoms with Crippen LogP contribution in [-0.4, -0.2) is 95.9 Å². The van der Waals surface area contributed by atoms with Crippen molar-refractivity contribution in [1.29, 1.82) is 0 Å². The van der Waals surface area contributed by atoms with Gasteiger partial charge in [-0.25, -0.2) is 14.4 Å². The first kappa shape index (κ1) is 30.3. The molecule has 2 aromatic heterocycles. The van der Waals surface area contributed by atoms with E-state index in [0.717, 1.165) is 80.7 Å². The van der Waals surface area contributed by atoms with Crippen molar-refractivity contribution in [2.75, 3.05) is 64.3 Å². The molecule has 4 heterocycles. The number of nitrogens with zero attached hydrogens (tertiary/aromatic N) is 6. The molecule has 0 aliphatic carbocycles. The highest BCUT2D eigenvalue weighted by Crippen LogP contribution is 2.30. The average molecular weight is 607 g/mol. The standard InChI is InChI=1S/C34H40BFN8O/c1-5-20-45-30-9-8-28(32(36)31(30)35)29-22-39-34-33(38-12-15-44(29)34)40-26-6-7-27(23(2)21-26)24(3)41-16-18-43(19-17-41)25(4)42-13-10-37-11-14-42/h5-9,12,15,21-22,37H,1,3-4,10-11,13-14,16-20,35H2,2H3,(H,38,40). The number of imidazole rings is 1. The molecule has 2 fully saturated rings.